The van der Waals surface area contributed by atoms with Crippen LogP contribution in [-0.4, -0.2) is 87.0 Å². The number of carboxylic acids is 1. The van der Waals surface area contributed by atoms with Crippen molar-refractivity contribution >= 4 is 58.2 Å². The number of hydrogen-bond donors (Lipinski definition) is 4. The molecule has 384 valence electrons. The summed E-state index contributed by atoms with van der Waals surface area (Å²) in [5.41, 5.74) is 0.801. The van der Waals surface area contributed by atoms with Gasteiger partial charge in [0, 0.05) is 57.1 Å². The van der Waals surface area contributed by atoms with Crippen LogP contribution in [0, 0.1) is 11.6 Å². The Labute approximate surface area is 420 Å². The molecule has 19 nitrogen and oxygen atoms in total. The van der Waals surface area contributed by atoms with Crippen LogP contribution in [0.15, 0.2) is 112 Å². The Hall–Kier alpha value is -9.24. The lowest BCUT2D eigenvalue weighted by molar-refractivity contribution is -0.135. The molecule has 4 aromatic heterocycles. The number of carboxylic acid groups (broad SMARTS) is 1. The monoisotopic (exact) mass is 1020 g/mol. The van der Waals surface area contributed by atoms with Gasteiger partial charge in [0.05, 0.1) is 25.6 Å². The molecule has 0 bridgehead atoms. The van der Waals surface area contributed by atoms with E-state index in [0.29, 0.717) is 16.7 Å². The van der Waals surface area contributed by atoms with E-state index in [-0.39, 0.29) is 99.1 Å². The summed E-state index contributed by atoms with van der Waals surface area (Å²) < 4.78 is 56.4. The zero-order chi connectivity index (χ0) is 51.2. The maximum absolute atomic E-state index is 13.6. The highest BCUT2D eigenvalue weighted by Gasteiger charge is 2.33. The molecule has 0 radical (unpaired) electrons. The van der Waals surface area contributed by atoms with Gasteiger partial charge < -0.3 is 44.5 Å². The maximum Gasteiger partial charge on any atom is 0.373 e. The second-order valence-electron chi connectivity index (χ2n) is 15.8. The van der Waals surface area contributed by atoms with Crippen LogP contribution in [-0.2, 0) is 38.5 Å². The molecule has 0 spiro atoms. The third-order valence-corrected chi connectivity index (χ3v) is 11.1. The quantitative estimate of drug-likeness (QED) is 0.0626. The number of aliphatic carboxylic acids is 1. The molecule has 0 fully saturated rings. The first kappa shape index (κ1) is 54.1. The minimum absolute atomic E-state index is 0. The number of rotatable bonds is 15. The predicted octanol–water partition coefficient (Wildman–Crippen LogP) is 6.57. The van der Waals surface area contributed by atoms with Crippen molar-refractivity contribution in [3.63, 3.8) is 0 Å². The summed E-state index contributed by atoms with van der Waals surface area (Å²) in [5.74, 6) is -5.80. The Morgan fingerprint density at radius 3 is 1.78 bits per heavy atom. The SMILES string of the molecule is C.C.CCOC(=O)c1c(OCc2ccccc2)c2ncc(Cc3ccc(F)cc3)c3c2n(c1=O)C=C(C(=O)O)O3.CNC(=O)C1=Cn2c(=O)c(C(=O)NCCOC)c(O)c3ncc(Cc4ccc(F)cc4)c(c32)O1. The number of halogens is 2. The minimum Gasteiger partial charge on any atom is -0.505 e. The van der Waals surface area contributed by atoms with Crippen molar-refractivity contribution in [2.45, 2.75) is 41.2 Å². The van der Waals surface area contributed by atoms with Crippen molar-refractivity contribution < 1.29 is 61.9 Å². The molecular formula is C53H50F2N6O13. The summed E-state index contributed by atoms with van der Waals surface area (Å²) in [5, 5.41) is 25.4. The summed E-state index contributed by atoms with van der Waals surface area (Å²) in [6, 6.07) is 20.7. The molecule has 2 aliphatic rings. The Bertz CT molecular complexity index is 3490. The van der Waals surface area contributed by atoms with E-state index in [9.17, 15) is 47.8 Å². The van der Waals surface area contributed by atoms with Gasteiger partial charge in [-0.15, -0.1) is 0 Å². The molecular weight excluding hydrogens is 967 g/mol. The molecule has 0 saturated carbocycles. The largest absolute Gasteiger partial charge is 0.505 e. The van der Waals surface area contributed by atoms with E-state index in [2.05, 4.69) is 20.6 Å². The zero-order valence-corrected chi connectivity index (χ0v) is 38.5. The normalized spacial score (nSPS) is 11.7. The molecule has 21 heteroatoms. The predicted molar refractivity (Wildman–Crippen MR) is 268 cm³/mol. The van der Waals surface area contributed by atoms with Gasteiger partial charge in [0.25, 0.3) is 22.9 Å². The Morgan fingerprint density at radius 1 is 0.716 bits per heavy atom. The number of likely N-dealkylation sites (N-methyl/N-ethyl adjacent to an activating group) is 1. The van der Waals surface area contributed by atoms with Gasteiger partial charge in [-0.1, -0.05) is 69.5 Å². The number of ether oxygens (including phenoxy) is 5. The summed E-state index contributed by atoms with van der Waals surface area (Å²) in [7, 11) is 2.86. The highest BCUT2D eigenvalue weighted by Crippen LogP contribution is 2.40. The molecule has 74 heavy (non-hydrogen) atoms. The Kier molecular flexibility index (Phi) is 17.1. The van der Waals surface area contributed by atoms with E-state index in [4.69, 9.17) is 23.7 Å². The highest BCUT2D eigenvalue weighted by molar-refractivity contribution is 6.05. The number of aromatic nitrogens is 4. The van der Waals surface area contributed by atoms with Crippen molar-refractivity contribution in [3.05, 3.63) is 174 Å². The molecule has 4 N–H and O–H groups in total. The van der Waals surface area contributed by atoms with E-state index in [1.54, 1.807) is 31.2 Å². The van der Waals surface area contributed by atoms with Crippen molar-refractivity contribution in [2.24, 2.45) is 0 Å². The van der Waals surface area contributed by atoms with Crippen molar-refractivity contribution in [1.82, 2.24) is 29.7 Å². The van der Waals surface area contributed by atoms with Crippen LogP contribution in [0.25, 0.3) is 34.5 Å². The number of pyridine rings is 4. The van der Waals surface area contributed by atoms with Crippen molar-refractivity contribution in [3.8, 4) is 23.0 Å². The molecule has 0 unspecified atom stereocenters. The van der Waals surface area contributed by atoms with Gasteiger partial charge >= 0.3 is 11.9 Å². The average Bonchev–Trinajstić information content (AvgIpc) is 3.38. The number of hydrogen-bond acceptors (Lipinski definition) is 14. The van der Waals surface area contributed by atoms with Gasteiger partial charge in [-0.05, 0) is 47.9 Å². The smallest absolute Gasteiger partial charge is 0.373 e. The molecule has 9 rings (SSSR count). The van der Waals surface area contributed by atoms with Gasteiger partial charge in [0.2, 0.25) is 11.5 Å². The molecule has 3 aromatic carbocycles. The number of methoxy groups -OCH3 is 1. The lowest BCUT2D eigenvalue weighted by Gasteiger charge is -2.23. The number of amides is 2. The van der Waals surface area contributed by atoms with Crippen LogP contribution in [0.3, 0.4) is 0 Å². The van der Waals surface area contributed by atoms with Gasteiger partial charge in [0.15, 0.2) is 28.6 Å². The third kappa shape index (κ3) is 11.0. The number of carbonyl (C=O) groups excluding carboxylic acids is 3. The number of benzene rings is 3. The van der Waals surface area contributed by atoms with Gasteiger partial charge in [-0.25, -0.2) is 18.4 Å². The Balaban J connectivity index is 0.000000236. The molecule has 0 saturated heterocycles. The zero-order valence-electron chi connectivity index (χ0n) is 38.5. The van der Waals surface area contributed by atoms with Crippen molar-refractivity contribution in [2.75, 3.05) is 33.9 Å². The molecule has 7 aromatic rings. The number of aromatic hydroxyl groups is 1. The fourth-order valence-electron chi connectivity index (χ4n) is 7.73. The molecule has 0 aliphatic carbocycles. The van der Waals surface area contributed by atoms with E-state index in [1.807, 2.05) is 30.3 Å². The van der Waals surface area contributed by atoms with E-state index in [0.717, 1.165) is 32.7 Å². The lowest BCUT2D eigenvalue weighted by atomic mass is 10.0. The number of carbonyl (C=O) groups is 4. The second kappa shape index (κ2) is 23.3. The maximum atomic E-state index is 13.6. The van der Waals surface area contributed by atoms with Crippen LogP contribution in [0.4, 0.5) is 8.78 Å². The number of esters is 1. The molecule has 2 amide bonds. The standard InChI is InChI=1S/C28H21FN2O7.C23H21FN4O6.2CH4/c1-2-36-28(35)21-25(37-15-17-6-4-3-5-7-17)22-23-24(38-20(27(33)34)14-31(23)26(21)32)18(13-30-22)12-16-8-10-19(29)11-9-16;1-25-21(30)15-11-28-18-17(19(29)16(23(28)32)22(31)26-7-8-33-2)27-10-13(20(18)34-15)9-12-3-5-14(24)6-4-12;;/h3-11,13-14H,2,12,15H2,1H3,(H,33,34);3-6,10-11,29H,7-9H2,1-2H3,(H,25,30)(H,26,31);2*1H4. The second-order valence-corrected chi connectivity index (χ2v) is 15.8. The van der Waals surface area contributed by atoms with Crippen molar-refractivity contribution in [1.29, 1.82) is 0 Å². The van der Waals surface area contributed by atoms with Crippen LogP contribution in [0.2, 0.25) is 0 Å². The first-order chi connectivity index (χ1) is 34.7. The topological polar surface area (TPSA) is 249 Å². The highest BCUT2D eigenvalue weighted by atomic mass is 19.1. The first-order valence-corrected chi connectivity index (χ1v) is 22.0. The summed E-state index contributed by atoms with van der Waals surface area (Å²) >= 11 is 0. The first-order valence-electron chi connectivity index (χ1n) is 22.0. The summed E-state index contributed by atoms with van der Waals surface area (Å²) in [4.78, 5) is 85.5. The number of nitrogens with zero attached hydrogens (tertiary/aromatic N) is 4. The fourth-order valence-corrected chi connectivity index (χ4v) is 7.73. The van der Waals surface area contributed by atoms with Crippen LogP contribution < -0.4 is 36.0 Å². The Morgan fingerprint density at radius 2 is 1.24 bits per heavy atom. The lowest BCUT2D eigenvalue weighted by Crippen LogP contribution is -2.35. The third-order valence-electron chi connectivity index (χ3n) is 11.1. The van der Waals surface area contributed by atoms with Gasteiger partial charge in [-0.3, -0.25) is 38.3 Å². The summed E-state index contributed by atoms with van der Waals surface area (Å²) in [6.07, 6.45) is 5.45. The number of nitrogens with one attached hydrogen (secondary N) is 2. The molecule has 6 heterocycles. The minimum atomic E-state index is -1.41. The average molecular weight is 1020 g/mol. The van der Waals surface area contributed by atoms with E-state index < -0.39 is 69.1 Å². The van der Waals surface area contributed by atoms with Gasteiger partial charge in [0.1, 0.15) is 45.9 Å². The van der Waals surface area contributed by atoms with Crippen LogP contribution in [0.1, 0.15) is 70.3 Å². The van der Waals surface area contributed by atoms with Gasteiger partial charge in [-0.2, -0.15) is 0 Å². The van der Waals surface area contributed by atoms with E-state index >= 15 is 0 Å². The van der Waals surface area contributed by atoms with Crippen LogP contribution >= 0.6 is 0 Å². The van der Waals surface area contributed by atoms with E-state index in [1.165, 1.54) is 50.8 Å². The summed E-state index contributed by atoms with van der Waals surface area (Å²) in [6.45, 7) is 1.95. The molecule has 0 atom stereocenters. The van der Waals surface area contributed by atoms with Crippen LogP contribution in [0.5, 0.6) is 23.0 Å². The molecule has 2 aliphatic heterocycles. The fraction of sp³-hybridized carbons (Fsp3) is 0.208.